The number of carbonyl (C=O) groups is 1. The van der Waals surface area contributed by atoms with Crippen molar-refractivity contribution in [2.45, 2.75) is 6.42 Å². The zero-order valence-corrected chi connectivity index (χ0v) is 15.9. The third kappa shape index (κ3) is 6.55. The summed E-state index contributed by atoms with van der Waals surface area (Å²) in [6, 6.07) is 15.9. The number of nitrogens with zero attached hydrogens (tertiary/aromatic N) is 1. The third-order valence-electron chi connectivity index (χ3n) is 3.71. The minimum absolute atomic E-state index is 0.0921. The molecule has 0 saturated heterocycles. The van der Waals surface area contributed by atoms with Gasteiger partial charge < -0.3 is 4.90 Å². The van der Waals surface area contributed by atoms with E-state index in [4.69, 9.17) is 0 Å². The first-order valence-corrected chi connectivity index (χ1v) is 9.94. The van der Waals surface area contributed by atoms with Crippen molar-refractivity contribution in [1.29, 1.82) is 0 Å². The van der Waals surface area contributed by atoms with Gasteiger partial charge >= 0.3 is 0 Å². The van der Waals surface area contributed by atoms with Gasteiger partial charge in [0.25, 0.3) is 0 Å². The Balaban J connectivity index is 2.03. The van der Waals surface area contributed by atoms with Crippen LogP contribution in [0.15, 0.2) is 60.0 Å². The summed E-state index contributed by atoms with van der Waals surface area (Å²) in [6.45, 7) is 1.20. The Morgan fingerprint density at radius 1 is 1.04 bits per heavy atom. The highest BCUT2D eigenvalue weighted by molar-refractivity contribution is 7.92. The SMILES string of the molecule is CN(C)CCCNS(=O)(=O)C=Cc1cccc(C(=O)c2ccccc2)c1. The Hall–Kier alpha value is -2.28. The van der Waals surface area contributed by atoms with Crippen molar-refractivity contribution in [2.24, 2.45) is 0 Å². The number of benzene rings is 2. The molecule has 2 aromatic carbocycles. The lowest BCUT2D eigenvalue weighted by Crippen LogP contribution is -2.25. The number of sulfonamides is 1. The van der Waals surface area contributed by atoms with Crippen molar-refractivity contribution in [3.05, 3.63) is 76.7 Å². The molecule has 26 heavy (non-hydrogen) atoms. The average Bonchev–Trinajstić information content (AvgIpc) is 2.64. The maximum absolute atomic E-state index is 12.5. The predicted octanol–water partition coefficient (Wildman–Crippen LogP) is 2.76. The van der Waals surface area contributed by atoms with Crippen molar-refractivity contribution in [3.63, 3.8) is 0 Å². The molecule has 0 unspecified atom stereocenters. The monoisotopic (exact) mass is 372 g/mol. The number of carbonyl (C=O) groups excluding carboxylic acids is 1. The molecule has 0 amide bonds. The summed E-state index contributed by atoms with van der Waals surface area (Å²) >= 11 is 0. The third-order valence-corrected chi connectivity index (χ3v) is 4.81. The van der Waals surface area contributed by atoms with E-state index in [-0.39, 0.29) is 5.78 Å². The Kier molecular flexibility index (Phi) is 7.26. The summed E-state index contributed by atoms with van der Waals surface area (Å²) in [5.41, 5.74) is 1.78. The summed E-state index contributed by atoms with van der Waals surface area (Å²) < 4.78 is 26.6. The molecule has 0 bridgehead atoms. The summed E-state index contributed by atoms with van der Waals surface area (Å²) in [7, 11) is 0.388. The number of nitrogens with one attached hydrogen (secondary N) is 1. The maximum atomic E-state index is 12.5. The quantitative estimate of drug-likeness (QED) is 0.543. The van der Waals surface area contributed by atoms with Gasteiger partial charge in [-0.25, -0.2) is 13.1 Å². The van der Waals surface area contributed by atoms with Crippen LogP contribution in [0.25, 0.3) is 6.08 Å². The first-order valence-electron chi connectivity index (χ1n) is 8.40. The van der Waals surface area contributed by atoms with Crippen LogP contribution in [0, 0.1) is 0 Å². The van der Waals surface area contributed by atoms with E-state index in [0.717, 1.165) is 18.4 Å². The minimum atomic E-state index is -3.50. The smallest absolute Gasteiger partial charge is 0.233 e. The zero-order valence-electron chi connectivity index (χ0n) is 15.1. The van der Waals surface area contributed by atoms with Gasteiger partial charge in [-0.1, -0.05) is 48.5 Å². The maximum Gasteiger partial charge on any atom is 0.233 e. The fourth-order valence-corrected chi connectivity index (χ4v) is 3.23. The van der Waals surface area contributed by atoms with Gasteiger partial charge in [0.15, 0.2) is 5.78 Å². The second-order valence-electron chi connectivity index (χ2n) is 6.22. The molecule has 0 aliphatic carbocycles. The first kappa shape index (κ1) is 20.0. The van der Waals surface area contributed by atoms with Gasteiger partial charge in [-0.3, -0.25) is 4.79 Å². The predicted molar refractivity (Wildman–Crippen MR) is 105 cm³/mol. The van der Waals surface area contributed by atoms with E-state index >= 15 is 0 Å². The number of hydrogen-bond acceptors (Lipinski definition) is 4. The highest BCUT2D eigenvalue weighted by Gasteiger charge is 2.09. The van der Waals surface area contributed by atoms with E-state index in [0.29, 0.717) is 23.2 Å². The number of hydrogen-bond donors (Lipinski definition) is 1. The van der Waals surface area contributed by atoms with E-state index in [9.17, 15) is 13.2 Å². The molecule has 2 rings (SSSR count). The van der Waals surface area contributed by atoms with Crippen molar-refractivity contribution in [2.75, 3.05) is 27.2 Å². The topological polar surface area (TPSA) is 66.5 Å². The molecule has 0 spiro atoms. The molecule has 0 radical (unpaired) electrons. The minimum Gasteiger partial charge on any atom is -0.309 e. The van der Waals surface area contributed by atoms with Gasteiger partial charge in [-0.2, -0.15) is 0 Å². The van der Waals surface area contributed by atoms with Crippen LogP contribution in [-0.2, 0) is 10.0 Å². The Labute approximate surface area is 155 Å². The highest BCUT2D eigenvalue weighted by Crippen LogP contribution is 2.13. The van der Waals surface area contributed by atoms with Gasteiger partial charge in [0, 0.05) is 23.1 Å². The largest absolute Gasteiger partial charge is 0.309 e. The number of ketones is 1. The normalized spacial score (nSPS) is 12.0. The molecule has 0 atom stereocenters. The molecule has 0 aliphatic heterocycles. The lowest BCUT2D eigenvalue weighted by atomic mass is 10.0. The first-order chi connectivity index (χ1) is 12.4. The fourth-order valence-electron chi connectivity index (χ4n) is 2.37. The summed E-state index contributed by atoms with van der Waals surface area (Å²) in [6.07, 6.45) is 2.23. The van der Waals surface area contributed by atoms with Crippen LogP contribution in [-0.4, -0.2) is 46.3 Å². The molecular formula is C20H24N2O3S. The summed E-state index contributed by atoms with van der Waals surface area (Å²) in [5.74, 6) is -0.0921. The molecule has 5 nitrogen and oxygen atoms in total. The van der Waals surface area contributed by atoms with Crippen LogP contribution in [0.2, 0.25) is 0 Å². The Bertz CT molecular complexity index is 860. The molecule has 0 heterocycles. The van der Waals surface area contributed by atoms with Gasteiger partial charge in [0.1, 0.15) is 0 Å². The highest BCUT2D eigenvalue weighted by atomic mass is 32.2. The van der Waals surface area contributed by atoms with E-state index in [1.807, 2.05) is 37.2 Å². The van der Waals surface area contributed by atoms with Crippen LogP contribution >= 0.6 is 0 Å². The van der Waals surface area contributed by atoms with Crippen LogP contribution in [0.5, 0.6) is 0 Å². The van der Waals surface area contributed by atoms with E-state index in [1.54, 1.807) is 36.4 Å². The summed E-state index contributed by atoms with van der Waals surface area (Å²) in [5, 5.41) is 1.13. The Morgan fingerprint density at radius 2 is 1.73 bits per heavy atom. The lowest BCUT2D eigenvalue weighted by molar-refractivity contribution is 0.103. The molecule has 138 valence electrons. The van der Waals surface area contributed by atoms with E-state index in [1.165, 1.54) is 6.08 Å². The average molecular weight is 372 g/mol. The molecule has 0 aliphatic rings. The van der Waals surface area contributed by atoms with Crippen LogP contribution in [0.1, 0.15) is 27.9 Å². The van der Waals surface area contributed by atoms with Crippen LogP contribution < -0.4 is 4.72 Å². The molecule has 2 aromatic rings. The molecular weight excluding hydrogens is 348 g/mol. The summed E-state index contributed by atoms with van der Waals surface area (Å²) in [4.78, 5) is 14.5. The van der Waals surface area contributed by atoms with Crippen molar-refractivity contribution >= 4 is 21.9 Å². The van der Waals surface area contributed by atoms with Crippen molar-refractivity contribution in [3.8, 4) is 0 Å². The van der Waals surface area contributed by atoms with E-state index in [2.05, 4.69) is 4.72 Å². The Morgan fingerprint density at radius 3 is 2.42 bits per heavy atom. The second-order valence-corrected chi connectivity index (χ2v) is 7.87. The van der Waals surface area contributed by atoms with Gasteiger partial charge in [0.05, 0.1) is 0 Å². The van der Waals surface area contributed by atoms with Crippen LogP contribution in [0.4, 0.5) is 0 Å². The van der Waals surface area contributed by atoms with Gasteiger partial charge in [-0.15, -0.1) is 0 Å². The molecule has 0 fully saturated rings. The molecule has 0 aromatic heterocycles. The fraction of sp³-hybridized carbons (Fsp3) is 0.250. The standard InChI is InChI=1S/C20H24N2O3S/c1-22(2)14-7-13-21-26(24,25)15-12-17-8-6-11-19(16-17)20(23)18-9-4-3-5-10-18/h3-6,8-12,15-16,21H,7,13-14H2,1-2H3. The number of rotatable bonds is 9. The zero-order chi connectivity index (χ0) is 19.0. The van der Waals surface area contributed by atoms with Crippen LogP contribution in [0.3, 0.4) is 0 Å². The van der Waals surface area contributed by atoms with Gasteiger partial charge in [0.2, 0.25) is 10.0 Å². The van der Waals surface area contributed by atoms with Crippen molar-refractivity contribution < 1.29 is 13.2 Å². The van der Waals surface area contributed by atoms with Crippen molar-refractivity contribution in [1.82, 2.24) is 9.62 Å². The molecule has 6 heteroatoms. The molecule has 1 N–H and O–H groups in total. The second kappa shape index (κ2) is 9.43. The lowest BCUT2D eigenvalue weighted by Gasteiger charge is -2.08. The molecule has 0 saturated carbocycles. The van der Waals surface area contributed by atoms with E-state index < -0.39 is 10.0 Å². The van der Waals surface area contributed by atoms with Gasteiger partial charge in [-0.05, 0) is 44.8 Å².